The maximum Gasteiger partial charge on any atom is 0.271 e. The van der Waals surface area contributed by atoms with Crippen molar-refractivity contribution in [2.45, 2.75) is 6.54 Å². The predicted molar refractivity (Wildman–Crippen MR) is 105 cm³/mol. The van der Waals surface area contributed by atoms with Crippen molar-refractivity contribution in [3.63, 3.8) is 0 Å². The highest BCUT2D eigenvalue weighted by Gasteiger charge is 2.11. The number of amides is 1. The van der Waals surface area contributed by atoms with Crippen LogP contribution in [0.2, 0.25) is 0 Å². The molecule has 134 valence electrons. The minimum Gasteiger partial charge on any atom is -0.347 e. The summed E-state index contributed by atoms with van der Waals surface area (Å²) >= 11 is 1.46. The quantitative estimate of drug-likeness (QED) is 0.579. The molecule has 0 bridgehead atoms. The standard InChI is InChI=1S/C20H17N5OS/c1-25-12-16(11-23-25)17-8-7-14(9-21-17)10-22-19(26)18-13-27-20(24-18)15-5-3-2-4-6-15/h2-9,11-13H,10H2,1H3,(H,22,26). The number of thiazole rings is 1. The minimum absolute atomic E-state index is 0.190. The molecule has 6 nitrogen and oxygen atoms in total. The number of carbonyl (C=O) groups is 1. The van der Waals surface area contributed by atoms with Gasteiger partial charge in [0.05, 0.1) is 11.9 Å². The summed E-state index contributed by atoms with van der Waals surface area (Å²) in [6, 6.07) is 13.7. The van der Waals surface area contributed by atoms with Gasteiger partial charge in [-0.1, -0.05) is 36.4 Å². The number of carbonyl (C=O) groups excluding carboxylic acids is 1. The summed E-state index contributed by atoms with van der Waals surface area (Å²) in [6.07, 6.45) is 5.45. The number of pyridine rings is 1. The fourth-order valence-corrected chi connectivity index (χ4v) is 3.42. The largest absolute Gasteiger partial charge is 0.347 e. The molecule has 0 aliphatic heterocycles. The molecule has 1 N–H and O–H groups in total. The molecule has 0 aliphatic carbocycles. The van der Waals surface area contributed by atoms with Crippen LogP contribution in [0.1, 0.15) is 16.1 Å². The van der Waals surface area contributed by atoms with Crippen molar-refractivity contribution in [1.29, 1.82) is 0 Å². The smallest absolute Gasteiger partial charge is 0.271 e. The number of nitrogens with one attached hydrogen (secondary N) is 1. The average Bonchev–Trinajstić information content (AvgIpc) is 3.37. The van der Waals surface area contributed by atoms with Crippen molar-refractivity contribution >= 4 is 17.2 Å². The Hall–Kier alpha value is -3.32. The number of aromatic nitrogens is 4. The van der Waals surface area contributed by atoms with Gasteiger partial charge in [0, 0.05) is 42.5 Å². The van der Waals surface area contributed by atoms with Gasteiger partial charge in [0.2, 0.25) is 0 Å². The third-order valence-corrected chi connectivity index (χ3v) is 4.93. The molecule has 3 aromatic heterocycles. The van der Waals surface area contributed by atoms with E-state index in [0.29, 0.717) is 12.2 Å². The van der Waals surface area contributed by atoms with Crippen LogP contribution in [-0.2, 0) is 13.6 Å². The number of benzene rings is 1. The van der Waals surface area contributed by atoms with E-state index in [1.807, 2.05) is 55.7 Å². The van der Waals surface area contributed by atoms with Crippen LogP contribution >= 0.6 is 11.3 Å². The van der Waals surface area contributed by atoms with Gasteiger partial charge in [-0.2, -0.15) is 5.10 Å². The Morgan fingerprint density at radius 1 is 1.11 bits per heavy atom. The second-order valence-electron chi connectivity index (χ2n) is 6.04. The van der Waals surface area contributed by atoms with Crippen LogP contribution in [0.15, 0.2) is 66.4 Å². The molecule has 0 saturated heterocycles. The van der Waals surface area contributed by atoms with Gasteiger partial charge in [-0.05, 0) is 11.6 Å². The Labute approximate surface area is 160 Å². The molecule has 1 amide bonds. The third-order valence-electron chi connectivity index (χ3n) is 4.04. The number of rotatable bonds is 5. The Kier molecular flexibility index (Phi) is 4.76. The van der Waals surface area contributed by atoms with E-state index in [9.17, 15) is 4.79 Å². The van der Waals surface area contributed by atoms with Crippen molar-refractivity contribution in [2.24, 2.45) is 7.05 Å². The van der Waals surface area contributed by atoms with Gasteiger partial charge in [-0.15, -0.1) is 11.3 Å². The molecule has 0 saturated carbocycles. The maximum absolute atomic E-state index is 12.4. The van der Waals surface area contributed by atoms with Crippen LogP contribution in [0.5, 0.6) is 0 Å². The zero-order chi connectivity index (χ0) is 18.6. The van der Waals surface area contributed by atoms with Crippen molar-refractivity contribution in [3.05, 3.63) is 77.7 Å². The zero-order valence-corrected chi connectivity index (χ0v) is 15.5. The number of aryl methyl sites for hydroxylation is 1. The lowest BCUT2D eigenvalue weighted by atomic mass is 10.2. The van der Waals surface area contributed by atoms with E-state index in [1.54, 1.807) is 22.5 Å². The van der Waals surface area contributed by atoms with Crippen molar-refractivity contribution in [1.82, 2.24) is 25.1 Å². The van der Waals surface area contributed by atoms with E-state index in [2.05, 4.69) is 20.4 Å². The number of hydrogen-bond acceptors (Lipinski definition) is 5. The van der Waals surface area contributed by atoms with Gasteiger partial charge in [-0.25, -0.2) is 4.98 Å². The van der Waals surface area contributed by atoms with E-state index in [0.717, 1.165) is 27.4 Å². The van der Waals surface area contributed by atoms with E-state index in [1.165, 1.54) is 11.3 Å². The second kappa shape index (κ2) is 7.51. The fourth-order valence-electron chi connectivity index (χ4n) is 2.62. The summed E-state index contributed by atoms with van der Waals surface area (Å²) in [5.74, 6) is -0.190. The first kappa shape index (κ1) is 17.1. The van der Waals surface area contributed by atoms with E-state index >= 15 is 0 Å². The minimum atomic E-state index is -0.190. The van der Waals surface area contributed by atoms with Gasteiger partial charge in [-0.3, -0.25) is 14.5 Å². The Morgan fingerprint density at radius 2 is 1.96 bits per heavy atom. The van der Waals surface area contributed by atoms with Crippen molar-refractivity contribution < 1.29 is 4.79 Å². The van der Waals surface area contributed by atoms with Crippen LogP contribution in [0.3, 0.4) is 0 Å². The van der Waals surface area contributed by atoms with Crippen LogP contribution < -0.4 is 5.32 Å². The van der Waals surface area contributed by atoms with Crippen molar-refractivity contribution in [3.8, 4) is 21.8 Å². The summed E-state index contributed by atoms with van der Waals surface area (Å²) in [5, 5.41) is 9.65. The lowest BCUT2D eigenvalue weighted by Gasteiger charge is -2.04. The molecule has 0 unspecified atom stereocenters. The van der Waals surface area contributed by atoms with Gasteiger partial charge in [0.15, 0.2) is 0 Å². The molecule has 0 atom stereocenters. The van der Waals surface area contributed by atoms with E-state index in [4.69, 9.17) is 0 Å². The number of nitrogens with zero attached hydrogens (tertiary/aromatic N) is 4. The van der Waals surface area contributed by atoms with Crippen LogP contribution in [0.4, 0.5) is 0 Å². The second-order valence-corrected chi connectivity index (χ2v) is 6.90. The molecule has 0 aliphatic rings. The molecule has 4 aromatic rings. The lowest BCUT2D eigenvalue weighted by Crippen LogP contribution is -2.23. The average molecular weight is 375 g/mol. The van der Waals surface area contributed by atoms with E-state index in [-0.39, 0.29) is 5.91 Å². The van der Waals surface area contributed by atoms with E-state index < -0.39 is 0 Å². The first-order valence-corrected chi connectivity index (χ1v) is 9.30. The molecular formula is C20H17N5OS. The van der Waals surface area contributed by atoms with Gasteiger partial charge < -0.3 is 5.32 Å². The SMILES string of the molecule is Cn1cc(-c2ccc(CNC(=O)c3csc(-c4ccccc4)n3)cn2)cn1. The predicted octanol–water partition coefficient (Wildman–Crippen LogP) is 3.54. The zero-order valence-electron chi connectivity index (χ0n) is 14.7. The first-order chi connectivity index (χ1) is 13.2. The molecule has 0 radical (unpaired) electrons. The highest BCUT2D eigenvalue weighted by Crippen LogP contribution is 2.23. The lowest BCUT2D eigenvalue weighted by molar-refractivity contribution is 0.0946. The highest BCUT2D eigenvalue weighted by molar-refractivity contribution is 7.13. The summed E-state index contributed by atoms with van der Waals surface area (Å²) < 4.78 is 1.74. The van der Waals surface area contributed by atoms with Crippen LogP contribution in [0, 0.1) is 0 Å². The normalized spacial score (nSPS) is 10.7. The number of hydrogen-bond donors (Lipinski definition) is 1. The highest BCUT2D eigenvalue weighted by atomic mass is 32.1. The Morgan fingerprint density at radius 3 is 2.67 bits per heavy atom. The summed E-state index contributed by atoms with van der Waals surface area (Å²) in [4.78, 5) is 21.2. The van der Waals surface area contributed by atoms with Crippen LogP contribution in [0.25, 0.3) is 21.8 Å². The van der Waals surface area contributed by atoms with Crippen LogP contribution in [-0.4, -0.2) is 25.7 Å². The first-order valence-electron chi connectivity index (χ1n) is 8.42. The molecule has 0 fully saturated rings. The molecule has 3 heterocycles. The molecular weight excluding hydrogens is 358 g/mol. The Bertz CT molecular complexity index is 1050. The molecule has 1 aromatic carbocycles. The Balaban J connectivity index is 1.39. The monoisotopic (exact) mass is 375 g/mol. The third kappa shape index (κ3) is 3.93. The van der Waals surface area contributed by atoms with Gasteiger partial charge >= 0.3 is 0 Å². The maximum atomic E-state index is 12.4. The van der Waals surface area contributed by atoms with Crippen molar-refractivity contribution in [2.75, 3.05) is 0 Å². The molecule has 4 rings (SSSR count). The summed E-state index contributed by atoms with van der Waals surface area (Å²) in [7, 11) is 1.87. The molecule has 7 heteroatoms. The topological polar surface area (TPSA) is 72.7 Å². The summed E-state index contributed by atoms with van der Waals surface area (Å²) in [5.41, 5.74) is 4.18. The molecule has 27 heavy (non-hydrogen) atoms. The van der Waals surface area contributed by atoms with Gasteiger partial charge in [0.25, 0.3) is 5.91 Å². The molecule has 0 spiro atoms. The fraction of sp³-hybridized carbons (Fsp3) is 0.100. The van der Waals surface area contributed by atoms with Gasteiger partial charge in [0.1, 0.15) is 10.7 Å². The summed E-state index contributed by atoms with van der Waals surface area (Å²) in [6.45, 7) is 0.400.